The predicted molar refractivity (Wildman–Crippen MR) is 62.1 cm³/mol. The number of halogens is 3. The van der Waals surface area contributed by atoms with Crippen molar-refractivity contribution in [3.63, 3.8) is 0 Å². The molecule has 0 saturated carbocycles. The third kappa shape index (κ3) is 2.69. The normalized spacial score (nSPS) is 16.8. The maximum Gasteiger partial charge on any atom is 0.416 e. The van der Waals surface area contributed by atoms with E-state index in [-0.39, 0.29) is 0 Å². The van der Waals surface area contributed by atoms with Gasteiger partial charge >= 0.3 is 6.18 Å². The number of benzene rings is 1. The summed E-state index contributed by atoms with van der Waals surface area (Å²) in [6.45, 7) is 2.52. The van der Waals surface area contributed by atoms with E-state index < -0.39 is 11.7 Å². The second-order valence-corrected chi connectivity index (χ2v) is 4.04. The van der Waals surface area contributed by atoms with E-state index in [1.807, 2.05) is 4.90 Å². The van der Waals surface area contributed by atoms with Crippen LogP contribution in [0.15, 0.2) is 18.2 Å². The Balaban J connectivity index is 2.35. The molecule has 6 heteroatoms. The van der Waals surface area contributed by atoms with Crippen LogP contribution in [0.1, 0.15) is 5.56 Å². The molecule has 1 radical (unpaired) electrons. The fraction of sp³-hybridized carbons (Fsp3) is 0.500. The summed E-state index contributed by atoms with van der Waals surface area (Å²) in [7, 11) is 1.46. The number of hydrogen-bond acceptors (Lipinski definition) is 2. The molecule has 0 amide bonds. The zero-order chi connectivity index (χ0) is 13.2. The monoisotopic (exact) mass is 259 g/mol. The van der Waals surface area contributed by atoms with Crippen molar-refractivity contribution in [2.75, 3.05) is 38.2 Å². The summed E-state index contributed by atoms with van der Waals surface area (Å²) < 4.78 is 43.2. The Bertz CT molecular complexity index is 414. The zero-order valence-electron chi connectivity index (χ0n) is 10.00. The maximum atomic E-state index is 12.7. The van der Waals surface area contributed by atoms with Gasteiger partial charge < -0.3 is 9.64 Å². The summed E-state index contributed by atoms with van der Waals surface area (Å²) in [6.07, 6.45) is -4.33. The molecular formula is C12H14F3N2O. The van der Waals surface area contributed by atoms with Crippen LogP contribution in [0.25, 0.3) is 0 Å². The summed E-state index contributed by atoms with van der Waals surface area (Å²) in [4.78, 5) is 1.88. The van der Waals surface area contributed by atoms with E-state index in [9.17, 15) is 13.2 Å². The van der Waals surface area contributed by atoms with Crippen molar-refractivity contribution in [3.8, 4) is 5.75 Å². The first-order chi connectivity index (χ1) is 8.52. The van der Waals surface area contributed by atoms with Gasteiger partial charge in [-0.2, -0.15) is 13.2 Å². The summed E-state index contributed by atoms with van der Waals surface area (Å²) in [6, 6.07) is 3.55. The SMILES string of the molecule is COc1ccc(C(F)(F)F)cc1N1CC[N]CC1. The lowest BCUT2D eigenvalue weighted by Crippen LogP contribution is -2.40. The first-order valence-corrected chi connectivity index (χ1v) is 5.66. The van der Waals surface area contributed by atoms with Gasteiger partial charge in [0.2, 0.25) is 0 Å². The van der Waals surface area contributed by atoms with Crippen molar-refractivity contribution in [2.45, 2.75) is 6.18 Å². The molecule has 18 heavy (non-hydrogen) atoms. The van der Waals surface area contributed by atoms with Crippen LogP contribution in [0.3, 0.4) is 0 Å². The molecule has 1 aliphatic rings. The Kier molecular flexibility index (Phi) is 3.65. The minimum Gasteiger partial charge on any atom is -0.495 e. The lowest BCUT2D eigenvalue weighted by atomic mass is 10.1. The number of hydrogen-bond donors (Lipinski definition) is 0. The van der Waals surface area contributed by atoms with E-state index in [4.69, 9.17) is 4.74 Å². The van der Waals surface area contributed by atoms with Crippen molar-refractivity contribution < 1.29 is 17.9 Å². The molecule has 0 aromatic heterocycles. The smallest absolute Gasteiger partial charge is 0.416 e. The molecule has 0 N–H and O–H groups in total. The molecule has 1 heterocycles. The number of rotatable bonds is 2. The number of methoxy groups -OCH3 is 1. The summed E-state index contributed by atoms with van der Waals surface area (Å²) in [5.41, 5.74) is -0.164. The van der Waals surface area contributed by atoms with Crippen molar-refractivity contribution >= 4 is 5.69 Å². The number of piperazine rings is 1. The zero-order valence-corrected chi connectivity index (χ0v) is 10.00. The average Bonchev–Trinajstić information content (AvgIpc) is 2.38. The number of ether oxygens (including phenoxy) is 1. The third-order valence-corrected chi connectivity index (χ3v) is 2.90. The Morgan fingerprint density at radius 3 is 2.44 bits per heavy atom. The molecule has 0 spiro atoms. The Morgan fingerprint density at radius 1 is 1.22 bits per heavy atom. The Labute approximate surface area is 104 Å². The Hall–Kier alpha value is -1.43. The molecule has 3 nitrogen and oxygen atoms in total. The predicted octanol–water partition coefficient (Wildman–Crippen LogP) is 2.14. The van der Waals surface area contributed by atoms with Crippen LogP contribution in [-0.4, -0.2) is 33.3 Å². The fourth-order valence-corrected chi connectivity index (χ4v) is 1.96. The molecule has 1 aliphatic heterocycles. The molecule has 0 bridgehead atoms. The van der Waals surface area contributed by atoms with E-state index in [1.165, 1.54) is 13.2 Å². The van der Waals surface area contributed by atoms with Gasteiger partial charge in [-0.25, -0.2) is 5.32 Å². The van der Waals surface area contributed by atoms with Crippen LogP contribution in [0.5, 0.6) is 5.75 Å². The molecule has 0 atom stereocenters. The van der Waals surface area contributed by atoms with Crippen LogP contribution >= 0.6 is 0 Å². The van der Waals surface area contributed by atoms with Crippen molar-refractivity contribution in [2.24, 2.45) is 0 Å². The van der Waals surface area contributed by atoms with Crippen molar-refractivity contribution in [3.05, 3.63) is 23.8 Å². The number of nitrogens with zero attached hydrogens (tertiary/aromatic N) is 2. The van der Waals surface area contributed by atoms with E-state index in [0.717, 1.165) is 12.1 Å². The van der Waals surface area contributed by atoms with Gasteiger partial charge in [0.25, 0.3) is 0 Å². The van der Waals surface area contributed by atoms with E-state index >= 15 is 0 Å². The van der Waals surface area contributed by atoms with Gasteiger partial charge in [-0.1, -0.05) is 0 Å². The van der Waals surface area contributed by atoms with Gasteiger partial charge in [0, 0.05) is 26.2 Å². The lowest BCUT2D eigenvalue weighted by Gasteiger charge is -2.30. The van der Waals surface area contributed by atoms with Gasteiger partial charge in [-0.15, -0.1) is 0 Å². The van der Waals surface area contributed by atoms with Crippen LogP contribution in [-0.2, 0) is 6.18 Å². The lowest BCUT2D eigenvalue weighted by molar-refractivity contribution is -0.137. The molecule has 1 fully saturated rings. The van der Waals surface area contributed by atoms with Crippen LogP contribution in [0.2, 0.25) is 0 Å². The highest BCUT2D eigenvalue weighted by Crippen LogP contribution is 2.36. The second kappa shape index (κ2) is 5.06. The molecule has 2 rings (SSSR count). The fourth-order valence-electron chi connectivity index (χ4n) is 1.96. The number of anilines is 1. The van der Waals surface area contributed by atoms with Gasteiger partial charge in [0.15, 0.2) is 0 Å². The highest BCUT2D eigenvalue weighted by atomic mass is 19.4. The van der Waals surface area contributed by atoms with Gasteiger partial charge in [-0.05, 0) is 18.2 Å². The third-order valence-electron chi connectivity index (χ3n) is 2.90. The molecule has 1 saturated heterocycles. The highest BCUT2D eigenvalue weighted by Gasteiger charge is 2.32. The summed E-state index contributed by atoms with van der Waals surface area (Å²) in [5.74, 6) is 0.463. The molecule has 0 unspecified atom stereocenters. The topological polar surface area (TPSA) is 26.6 Å². The van der Waals surface area contributed by atoms with E-state index in [0.29, 0.717) is 37.6 Å². The second-order valence-electron chi connectivity index (χ2n) is 4.04. The Morgan fingerprint density at radius 2 is 1.89 bits per heavy atom. The first-order valence-electron chi connectivity index (χ1n) is 5.66. The van der Waals surface area contributed by atoms with Gasteiger partial charge in [-0.3, -0.25) is 0 Å². The van der Waals surface area contributed by atoms with Crippen LogP contribution in [0, 0.1) is 0 Å². The average molecular weight is 259 g/mol. The van der Waals surface area contributed by atoms with Gasteiger partial charge in [0.05, 0.1) is 18.4 Å². The number of alkyl halides is 3. The minimum absolute atomic E-state index is 0.463. The molecule has 99 valence electrons. The van der Waals surface area contributed by atoms with E-state index in [1.54, 1.807) is 0 Å². The molecular weight excluding hydrogens is 245 g/mol. The largest absolute Gasteiger partial charge is 0.495 e. The quantitative estimate of drug-likeness (QED) is 0.813. The van der Waals surface area contributed by atoms with Crippen molar-refractivity contribution in [1.29, 1.82) is 0 Å². The van der Waals surface area contributed by atoms with Crippen LogP contribution in [0.4, 0.5) is 18.9 Å². The minimum atomic E-state index is -4.33. The van der Waals surface area contributed by atoms with Gasteiger partial charge in [0.1, 0.15) is 5.75 Å². The summed E-state index contributed by atoms with van der Waals surface area (Å²) >= 11 is 0. The highest BCUT2D eigenvalue weighted by molar-refractivity contribution is 5.60. The standard InChI is InChI=1S/C12H14F3N2O/c1-18-11-3-2-9(12(13,14)15)8-10(11)17-6-4-16-5-7-17/h2-3,8H,4-7H2,1H3. The van der Waals surface area contributed by atoms with Crippen molar-refractivity contribution in [1.82, 2.24) is 5.32 Å². The molecule has 0 aliphatic carbocycles. The molecule has 1 aromatic rings. The first kappa shape index (κ1) is 13.0. The van der Waals surface area contributed by atoms with E-state index in [2.05, 4.69) is 5.32 Å². The van der Waals surface area contributed by atoms with Crippen LogP contribution < -0.4 is 15.0 Å². The maximum absolute atomic E-state index is 12.7. The summed E-state index contributed by atoms with van der Waals surface area (Å²) in [5, 5.41) is 4.17. The molecule has 1 aromatic carbocycles.